The molecule has 320 valence electrons. The third kappa shape index (κ3) is 7.97. The Kier molecular flexibility index (Phi) is 13.7. The number of unbranched alkanes of at least 4 members (excludes halogenated alkanes) is 4. The number of fused-ring (bicyclic) bond motifs is 20. The Labute approximate surface area is 343 Å². The van der Waals surface area contributed by atoms with E-state index in [9.17, 15) is 0 Å². The normalized spacial score (nSPS) is 49.9. The number of rotatable bonds is 12. The molecule has 8 nitrogen and oxygen atoms in total. The van der Waals surface area contributed by atoms with Gasteiger partial charge in [0.1, 0.15) is 0 Å². The molecular formula is C48H88N8. The van der Waals surface area contributed by atoms with Crippen LogP contribution in [-0.4, -0.2) is 49.3 Å². The van der Waals surface area contributed by atoms with Crippen molar-refractivity contribution in [1.29, 1.82) is 0 Å². The van der Waals surface area contributed by atoms with Crippen molar-refractivity contribution in [3.63, 3.8) is 0 Å². The van der Waals surface area contributed by atoms with Gasteiger partial charge < -0.3 is 0 Å². The van der Waals surface area contributed by atoms with E-state index < -0.39 is 0 Å². The quantitative estimate of drug-likeness (QED) is 0.101. The molecule has 8 heteroatoms. The minimum Gasteiger partial charge on any atom is -0.286 e. The van der Waals surface area contributed by atoms with E-state index in [1.807, 2.05) is 0 Å². The molecule has 0 amide bonds. The molecule has 5 heterocycles. The fourth-order valence-electron chi connectivity index (χ4n) is 16.1. The molecule has 0 aromatic carbocycles. The second kappa shape index (κ2) is 18.7. The van der Waals surface area contributed by atoms with Gasteiger partial charge in [-0.3, -0.25) is 42.5 Å². The Morgan fingerprint density at radius 1 is 0.286 bits per heavy atom. The van der Waals surface area contributed by atoms with Gasteiger partial charge in [0.15, 0.2) is 0 Å². The average Bonchev–Trinajstić information content (AvgIpc) is 3.96. The van der Waals surface area contributed by atoms with Crippen LogP contribution in [0.1, 0.15) is 182 Å². The summed E-state index contributed by atoms with van der Waals surface area (Å²) < 4.78 is 0. The fourth-order valence-corrected chi connectivity index (χ4v) is 16.1. The number of nitrogens with one attached hydrogen (secondary N) is 8. The zero-order valence-electron chi connectivity index (χ0n) is 36.5. The fraction of sp³-hybridized carbons (Fsp3) is 1.00. The molecule has 4 saturated carbocycles. The Hall–Kier alpha value is -0.320. The Balaban J connectivity index is 1.11. The minimum absolute atomic E-state index is 0.362. The van der Waals surface area contributed by atoms with Crippen LogP contribution in [0, 0.1) is 71.0 Å². The molecule has 0 spiro atoms. The van der Waals surface area contributed by atoms with Gasteiger partial charge in [-0.25, -0.2) is 0 Å². The first-order valence-corrected chi connectivity index (χ1v) is 25.7. The summed E-state index contributed by atoms with van der Waals surface area (Å²) in [5, 5.41) is 35.5. The van der Waals surface area contributed by atoms with Gasteiger partial charge in [-0.1, -0.05) is 118 Å². The first kappa shape index (κ1) is 41.1. The molecular weight excluding hydrogens is 689 g/mol. The summed E-state index contributed by atoms with van der Waals surface area (Å²) in [4.78, 5) is 0. The average molecular weight is 777 g/mol. The summed E-state index contributed by atoms with van der Waals surface area (Å²) >= 11 is 0. The van der Waals surface area contributed by atoms with Crippen molar-refractivity contribution < 1.29 is 0 Å². The summed E-state index contributed by atoms with van der Waals surface area (Å²) in [7, 11) is 0. The zero-order chi connectivity index (χ0) is 38.2. The lowest BCUT2D eigenvalue weighted by Gasteiger charge is -2.53. The second-order valence-electron chi connectivity index (χ2n) is 21.4. The van der Waals surface area contributed by atoms with Gasteiger partial charge in [-0.15, -0.1) is 0 Å². The first-order chi connectivity index (χ1) is 27.6. The van der Waals surface area contributed by atoms with E-state index in [0.29, 0.717) is 73.0 Å². The molecule has 9 rings (SSSR count). The van der Waals surface area contributed by atoms with Crippen LogP contribution in [0.15, 0.2) is 0 Å². The van der Waals surface area contributed by atoms with E-state index in [0.717, 1.165) is 47.3 Å². The highest BCUT2D eigenvalue weighted by molar-refractivity contribution is 5.12. The predicted molar refractivity (Wildman–Crippen MR) is 231 cm³/mol. The van der Waals surface area contributed by atoms with Crippen molar-refractivity contribution in [3.05, 3.63) is 0 Å². The third-order valence-corrected chi connectivity index (χ3v) is 18.5. The molecule has 8 N–H and O–H groups in total. The Morgan fingerprint density at radius 2 is 0.500 bits per heavy atom. The summed E-state index contributed by atoms with van der Waals surface area (Å²) in [6.45, 7) is 9.80. The Morgan fingerprint density at radius 3 is 0.750 bits per heavy atom. The molecule has 5 aliphatic heterocycles. The van der Waals surface area contributed by atoms with Crippen molar-refractivity contribution in [2.24, 2.45) is 71.0 Å². The molecule has 9 aliphatic rings. The van der Waals surface area contributed by atoms with Crippen molar-refractivity contribution in [2.45, 2.75) is 231 Å². The highest BCUT2D eigenvalue weighted by Gasteiger charge is 2.60. The molecule has 20 atom stereocenters. The second-order valence-corrected chi connectivity index (χ2v) is 21.4. The van der Waals surface area contributed by atoms with Crippen LogP contribution in [0.4, 0.5) is 0 Å². The molecule has 5 saturated heterocycles. The molecule has 20 unspecified atom stereocenters. The maximum Gasteiger partial charge on any atom is 0.0631 e. The van der Waals surface area contributed by atoms with Gasteiger partial charge in [0.25, 0.3) is 0 Å². The third-order valence-electron chi connectivity index (χ3n) is 18.5. The Bertz CT molecular complexity index is 1140. The van der Waals surface area contributed by atoms with Crippen molar-refractivity contribution in [1.82, 2.24) is 42.5 Å². The topological polar surface area (TPSA) is 96.2 Å². The highest BCUT2D eigenvalue weighted by atomic mass is 15.4. The van der Waals surface area contributed by atoms with Crippen LogP contribution >= 0.6 is 0 Å². The number of hydrogen-bond acceptors (Lipinski definition) is 8. The van der Waals surface area contributed by atoms with Crippen molar-refractivity contribution in [3.8, 4) is 0 Å². The van der Waals surface area contributed by atoms with Crippen molar-refractivity contribution >= 4 is 0 Å². The molecule has 56 heavy (non-hydrogen) atoms. The molecule has 9 fully saturated rings. The van der Waals surface area contributed by atoms with Crippen LogP contribution in [0.5, 0.6) is 0 Å². The molecule has 0 aromatic rings. The lowest BCUT2D eigenvalue weighted by molar-refractivity contribution is -0.0430. The minimum atomic E-state index is 0.362. The smallest absolute Gasteiger partial charge is 0.0631 e. The van der Waals surface area contributed by atoms with Gasteiger partial charge in [0.2, 0.25) is 0 Å². The molecule has 8 bridgehead atoms. The molecule has 0 radical (unpaired) electrons. The SMILES string of the molecule is CCCCC1C(CCCC)C(CCCC)C2C3NC4NC(NC5NC(NC6NC(NC(N3)C2C1CCCC)C1CCCCC61)C1CCCCC51)C1CCCCC41. The largest absolute Gasteiger partial charge is 0.286 e. The van der Waals surface area contributed by atoms with Crippen LogP contribution in [0.3, 0.4) is 0 Å². The molecule has 4 aliphatic carbocycles. The number of hydrogen-bond donors (Lipinski definition) is 8. The first-order valence-electron chi connectivity index (χ1n) is 25.7. The summed E-state index contributed by atoms with van der Waals surface area (Å²) in [6.07, 6.45) is 36.3. The van der Waals surface area contributed by atoms with Crippen LogP contribution in [-0.2, 0) is 0 Å². The standard InChI is InChI=1S/C48H88N8/c1-5-9-19-29-30(20-10-6-2)32(22-12-8-4)40-39(31(29)21-11-7-3)47-54-45-37-27-17-15-25-35(37)43(52-45)50-41-33-23-13-14-24-34(33)42(49-41)51-44-36-26-16-18-28-38(36)46(53-44)55-48(40)56-47/h29-56H,5-28H2,1-4H3. The van der Waals surface area contributed by atoms with E-state index in [1.165, 1.54) is 154 Å². The van der Waals surface area contributed by atoms with Crippen LogP contribution < -0.4 is 42.5 Å². The summed E-state index contributed by atoms with van der Waals surface area (Å²) in [6, 6.07) is 0. The maximum absolute atomic E-state index is 4.58. The molecule has 0 aromatic heterocycles. The highest BCUT2D eigenvalue weighted by Crippen LogP contribution is 2.57. The van der Waals surface area contributed by atoms with E-state index in [1.54, 1.807) is 0 Å². The summed E-state index contributed by atoms with van der Waals surface area (Å²) in [5.74, 6) is 9.04. The monoisotopic (exact) mass is 777 g/mol. The summed E-state index contributed by atoms with van der Waals surface area (Å²) in [5.41, 5.74) is 0. The van der Waals surface area contributed by atoms with Crippen molar-refractivity contribution in [2.75, 3.05) is 0 Å². The van der Waals surface area contributed by atoms with E-state index in [4.69, 9.17) is 0 Å². The van der Waals surface area contributed by atoms with E-state index >= 15 is 0 Å². The lowest BCUT2D eigenvalue weighted by atomic mass is 9.53. The van der Waals surface area contributed by atoms with Crippen LogP contribution in [0.25, 0.3) is 0 Å². The van der Waals surface area contributed by atoms with Gasteiger partial charge in [-0.05, 0) is 135 Å². The lowest BCUT2D eigenvalue weighted by Crippen LogP contribution is -2.62. The van der Waals surface area contributed by atoms with E-state index in [2.05, 4.69) is 70.2 Å². The predicted octanol–water partition coefficient (Wildman–Crippen LogP) is 8.27. The zero-order valence-corrected chi connectivity index (χ0v) is 36.5. The van der Waals surface area contributed by atoms with Gasteiger partial charge in [0, 0.05) is 0 Å². The van der Waals surface area contributed by atoms with Crippen LogP contribution in [0.2, 0.25) is 0 Å². The van der Waals surface area contributed by atoms with Gasteiger partial charge in [0.05, 0.1) is 49.3 Å². The van der Waals surface area contributed by atoms with E-state index in [-0.39, 0.29) is 0 Å². The van der Waals surface area contributed by atoms with Gasteiger partial charge in [-0.2, -0.15) is 0 Å². The van der Waals surface area contributed by atoms with Gasteiger partial charge >= 0.3 is 0 Å². The maximum atomic E-state index is 4.58.